The third kappa shape index (κ3) is 2.92. The van der Waals surface area contributed by atoms with Crippen molar-refractivity contribution in [1.82, 2.24) is 10.2 Å². The van der Waals surface area contributed by atoms with Gasteiger partial charge in [0.2, 0.25) is 5.91 Å². The molecule has 4 heteroatoms. The van der Waals surface area contributed by atoms with Gasteiger partial charge in [0.25, 0.3) is 0 Å². The number of likely N-dealkylation sites (tertiary alicyclic amines) is 1. The molecule has 0 radical (unpaired) electrons. The molecule has 2 rings (SSSR count). The molecule has 1 amide bonds. The second kappa shape index (κ2) is 4.49. The van der Waals surface area contributed by atoms with Crippen LogP contribution in [0, 0.1) is 5.92 Å². The van der Waals surface area contributed by atoms with Crippen LogP contribution >= 0.6 is 0 Å². The van der Waals surface area contributed by atoms with Crippen molar-refractivity contribution in [2.45, 2.75) is 38.3 Å². The Hall–Kier alpha value is -0.610. The van der Waals surface area contributed by atoms with Crippen LogP contribution in [-0.4, -0.2) is 42.5 Å². The molecule has 3 N–H and O–H groups in total. The quantitative estimate of drug-likeness (QED) is 0.669. The van der Waals surface area contributed by atoms with E-state index in [-0.39, 0.29) is 11.9 Å². The molecule has 1 saturated heterocycles. The van der Waals surface area contributed by atoms with Crippen molar-refractivity contribution in [3.8, 4) is 0 Å². The maximum absolute atomic E-state index is 10.8. The predicted molar refractivity (Wildman–Crippen MR) is 59.4 cm³/mol. The first-order chi connectivity index (χ1) is 7.16. The van der Waals surface area contributed by atoms with Gasteiger partial charge < -0.3 is 16.0 Å². The van der Waals surface area contributed by atoms with Gasteiger partial charge in [-0.3, -0.25) is 4.79 Å². The van der Waals surface area contributed by atoms with Crippen LogP contribution in [0.25, 0.3) is 0 Å². The van der Waals surface area contributed by atoms with Crippen molar-refractivity contribution in [1.29, 1.82) is 0 Å². The van der Waals surface area contributed by atoms with E-state index in [0.29, 0.717) is 5.92 Å². The second-order valence-electron chi connectivity index (χ2n) is 4.91. The molecule has 0 aromatic rings. The fourth-order valence-electron chi connectivity index (χ4n) is 2.24. The van der Waals surface area contributed by atoms with Gasteiger partial charge in [-0.2, -0.15) is 0 Å². The lowest BCUT2D eigenvalue weighted by atomic mass is 10.1. The number of rotatable bonds is 5. The number of nitrogens with zero attached hydrogens (tertiary/aromatic N) is 1. The second-order valence-corrected chi connectivity index (χ2v) is 4.91. The first-order valence-electron chi connectivity index (χ1n) is 5.93. The Labute approximate surface area is 91.2 Å². The highest BCUT2D eigenvalue weighted by molar-refractivity contribution is 5.79. The first-order valence-corrected chi connectivity index (χ1v) is 5.93. The number of hydrogen-bond acceptors (Lipinski definition) is 3. The van der Waals surface area contributed by atoms with Gasteiger partial charge in [-0.1, -0.05) is 0 Å². The van der Waals surface area contributed by atoms with Gasteiger partial charge in [-0.05, 0) is 45.2 Å². The molecule has 15 heavy (non-hydrogen) atoms. The van der Waals surface area contributed by atoms with E-state index in [1.54, 1.807) is 0 Å². The molecule has 1 saturated carbocycles. The highest BCUT2D eigenvalue weighted by Gasteiger charge is 2.34. The van der Waals surface area contributed by atoms with Crippen LogP contribution in [0.1, 0.15) is 26.2 Å². The van der Waals surface area contributed by atoms with Gasteiger partial charge in [-0.25, -0.2) is 0 Å². The lowest BCUT2D eigenvalue weighted by molar-refractivity contribution is -0.119. The van der Waals surface area contributed by atoms with E-state index < -0.39 is 0 Å². The smallest absolute Gasteiger partial charge is 0.234 e. The summed E-state index contributed by atoms with van der Waals surface area (Å²) in [5.41, 5.74) is 5.19. The van der Waals surface area contributed by atoms with Crippen molar-refractivity contribution < 1.29 is 4.79 Å². The number of nitrogens with one attached hydrogen (secondary N) is 1. The normalized spacial score (nSPS) is 29.3. The van der Waals surface area contributed by atoms with Crippen molar-refractivity contribution in [2.75, 3.05) is 19.6 Å². The SMILES string of the molecule is CC(NCC1CCN(C2CC2)C1)C(N)=O. The van der Waals surface area contributed by atoms with Crippen LogP contribution in [-0.2, 0) is 4.79 Å². The molecule has 2 atom stereocenters. The molecule has 1 heterocycles. The van der Waals surface area contributed by atoms with Crippen LogP contribution in [0.4, 0.5) is 0 Å². The van der Waals surface area contributed by atoms with Crippen LogP contribution in [0.2, 0.25) is 0 Å². The highest BCUT2D eigenvalue weighted by atomic mass is 16.1. The molecule has 0 bridgehead atoms. The van der Waals surface area contributed by atoms with Crippen molar-refractivity contribution in [2.24, 2.45) is 11.7 Å². The summed E-state index contributed by atoms with van der Waals surface area (Å²) in [5.74, 6) is 0.444. The van der Waals surface area contributed by atoms with Gasteiger partial charge in [0, 0.05) is 12.6 Å². The lowest BCUT2D eigenvalue weighted by Crippen LogP contribution is -2.41. The summed E-state index contributed by atoms with van der Waals surface area (Å²) >= 11 is 0. The van der Waals surface area contributed by atoms with E-state index in [1.807, 2.05) is 6.92 Å². The Kier molecular flexibility index (Phi) is 3.26. The molecule has 2 fully saturated rings. The van der Waals surface area contributed by atoms with E-state index in [2.05, 4.69) is 10.2 Å². The number of nitrogens with two attached hydrogens (primary N) is 1. The molecule has 1 aliphatic carbocycles. The van der Waals surface area contributed by atoms with E-state index in [0.717, 1.165) is 12.6 Å². The number of carbonyl (C=O) groups excluding carboxylic acids is 1. The molecule has 86 valence electrons. The van der Waals surface area contributed by atoms with Crippen LogP contribution in [0.3, 0.4) is 0 Å². The van der Waals surface area contributed by atoms with Crippen LogP contribution in [0.15, 0.2) is 0 Å². The molecule has 0 aromatic carbocycles. The van der Waals surface area contributed by atoms with E-state index in [4.69, 9.17) is 5.73 Å². The molecular formula is C11H21N3O. The summed E-state index contributed by atoms with van der Waals surface area (Å²) in [6.07, 6.45) is 4.03. The van der Waals surface area contributed by atoms with Gasteiger partial charge in [0.1, 0.15) is 0 Å². The summed E-state index contributed by atoms with van der Waals surface area (Å²) in [4.78, 5) is 13.4. The van der Waals surface area contributed by atoms with Crippen molar-refractivity contribution >= 4 is 5.91 Å². The first kappa shape index (κ1) is 10.9. The van der Waals surface area contributed by atoms with Crippen LogP contribution in [0.5, 0.6) is 0 Å². The number of amides is 1. The Bertz CT molecular complexity index is 240. The Morgan fingerprint density at radius 1 is 1.53 bits per heavy atom. The monoisotopic (exact) mass is 211 g/mol. The van der Waals surface area contributed by atoms with Gasteiger partial charge in [0.15, 0.2) is 0 Å². The molecule has 0 spiro atoms. The van der Waals surface area contributed by atoms with Crippen molar-refractivity contribution in [3.05, 3.63) is 0 Å². The molecule has 1 aliphatic heterocycles. The minimum Gasteiger partial charge on any atom is -0.368 e. The lowest BCUT2D eigenvalue weighted by Gasteiger charge is -2.16. The zero-order valence-corrected chi connectivity index (χ0v) is 9.41. The number of carbonyl (C=O) groups is 1. The van der Waals surface area contributed by atoms with Gasteiger partial charge >= 0.3 is 0 Å². The average Bonchev–Trinajstić information content (AvgIpc) is 2.95. The van der Waals surface area contributed by atoms with E-state index in [1.165, 1.54) is 32.4 Å². The zero-order chi connectivity index (χ0) is 10.8. The fourth-order valence-corrected chi connectivity index (χ4v) is 2.24. The summed E-state index contributed by atoms with van der Waals surface area (Å²) < 4.78 is 0. The van der Waals surface area contributed by atoms with Crippen LogP contribution < -0.4 is 11.1 Å². The maximum Gasteiger partial charge on any atom is 0.234 e. The maximum atomic E-state index is 10.8. The third-order valence-electron chi connectivity index (χ3n) is 3.52. The summed E-state index contributed by atoms with van der Waals surface area (Å²) in [7, 11) is 0. The molecule has 0 aromatic heterocycles. The molecular weight excluding hydrogens is 190 g/mol. The zero-order valence-electron chi connectivity index (χ0n) is 9.41. The van der Waals surface area contributed by atoms with Gasteiger partial charge in [-0.15, -0.1) is 0 Å². The molecule has 4 nitrogen and oxygen atoms in total. The third-order valence-corrected chi connectivity index (χ3v) is 3.52. The number of primary amides is 1. The summed E-state index contributed by atoms with van der Waals surface area (Å²) in [6, 6.07) is 0.684. The van der Waals surface area contributed by atoms with Crippen molar-refractivity contribution in [3.63, 3.8) is 0 Å². The summed E-state index contributed by atoms with van der Waals surface area (Å²) in [6.45, 7) is 5.19. The Morgan fingerprint density at radius 2 is 2.27 bits per heavy atom. The van der Waals surface area contributed by atoms with E-state index >= 15 is 0 Å². The van der Waals surface area contributed by atoms with Gasteiger partial charge in [0.05, 0.1) is 6.04 Å². The summed E-state index contributed by atoms with van der Waals surface area (Å²) in [5, 5.41) is 3.20. The Balaban J connectivity index is 1.65. The standard InChI is InChI=1S/C11H21N3O/c1-8(11(12)15)13-6-9-4-5-14(7-9)10-2-3-10/h8-10,13H,2-7H2,1H3,(H2,12,15). The minimum atomic E-state index is -0.257. The predicted octanol–water partition coefficient (Wildman–Crippen LogP) is -0.0659. The van der Waals surface area contributed by atoms with E-state index in [9.17, 15) is 4.79 Å². The molecule has 2 aliphatic rings. The largest absolute Gasteiger partial charge is 0.368 e. The number of hydrogen-bond donors (Lipinski definition) is 2. The minimum absolute atomic E-state index is 0.194. The molecule has 2 unspecified atom stereocenters. The Morgan fingerprint density at radius 3 is 2.87 bits per heavy atom. The average molecular weight is 211 g/mol. The highest BCUT2D eigenvalue weighted by Crippen LogP contribution is 2.31. The topological polar surface area (TPSA) is 58.4 Å². The fraction of sp³-hybridized carbons (Fsp3) is 0.909.